The first-order valence-corrected chi connectivity index (χ1v) is 14.9. The minimum atomic E-state index is -2.59. The molecule has 0 saturated heterocycles. The van der Waals surface area contributed by atoms with Gasteiger partial charge in [0, 0.05) is 11.5 Å². The predicted octanol–water partition coefficient (Wildman–Crippen LogP) is 4.55. The number of nitrogens with two attached hydrogens (primary N) is 1. The Morgan fingerprint density at radius 3 is 1.80 bits per heavy atom. The third-order valence-corrected chi connectivity index (χ3v) is 10.9. The number of amides is 1. The van der Waals surface area contributed by atoms with Gasteiger partial charge in [0.1, 0.15) is 6.04 Å². The number of carbonyl (C=O) groups excluding carboxylic acids is 2. The van der Waals surface area contributed by atoms with E-state index in [2.05, 4.69) is 31.3 Å². The summed E-state index contributed by atoms with van der Waals surface area (Å²) >= 11 is 0. The van der Waals surface area contributed by atoms with Crippen LogP contribution in [0.25, 0.3) is 0 Å². The van der Waals surface area contributed by atoms with Crippen molar-refractivity contribution in [3.63, 3.8) is 0 Å². The molecule has 6 heteroatoms. The van der Waals surface area contributed by atoms with E-state index in [4.69, 9.17) is 10.2 Å². The van der Waals surface area contributed by atoms with Crippen LogP contribution in [-0.4, -0.2) is 32.3 Å². The molecule has 0 radical (unpaired) electrons. The Hall–Kier alpha value is -3.22. The molecule has 0 fully saturated rings. The molecule has 3 aromatic carbocycles. The van der Waals surface area contributed by atoms with Gasteiger partial charge in [-0.2, -0.15) is 0 Å². The summed E-state index contributed by atoms with van der Waals surface area (Å²) in [7, 11) is -2.59. The smallest absolute Gasteiger partial charge is 0.315 e. The van der Waals surface area contributed by atoms with Gasteiger partial charge in [0.15, 0.2) is 0 Å². The first-order chi connectivity index (χ1) is 16.6. The molecule has 0 heterocycles. The molecule has 5 nitrogen and oxygen atoms in total. The van der Waals surface area contributed by atoms with Gasteiger partial charge < -0.3 is 15.5 Å². The number of carbonyl (C=O) groups is 2. The summed E-state index contributed by atoms with van der Waals surface area (Å²) in [6, 6.07) is 27.7. The molecule has 1 amide bonds. The molecule has 3 N–H and O–H groups in total. The van der Waals surface area contributed by atoms with Gasteiger partial charge in [-0.1, -0.05) is 105 Å². The molecule has 0 unspecified atom stereocenters. The minimum absolute atomic E-state index is 0.324. The number of rotatable bonds is 10. The van der Waals surface area contributed by atoms with E-state index in [-0.39, 0.29) is 10.9 Å². The van der Waals surface area contributed by atoms with Crippen molar-refractivity contribution in [3.05, 3.63) is 108 Å². The second-order valence-corrected chi connectivity index (χ2v) is 14.4. The molecule has 184 valence electrons. The number of hydrogen-bond donors (Lipinski definition) is 2. The van der Waals surface area contributed by atoms with Crippen LogP contribution < -0.4 is 11.1 Å². The molecule has 0 saturated carbocycles. The van der Waals surface area contributed by atoms with Crippen molar-refractivity contribution in [2.45, 2.75) is 56.9 Å². The highest BCUT2D eigenvalue weighted by molar-refractivity contribution is 6.75. The molecule has 0 aliphatic rings. The quantitative estimate of drug-likeness (QED) is 0.410. The topological polar surface area (TPSA) is 81.4 Å². The van der Waals surface area contributed by atoms with Crippen LogP contribution in [0, 0.1) is 0 Å². The SMILES string of the molecule is CC(C)(c1ccccc1)[Si](C)(C)OC(=O)[C@H](Cc1ccccc1)NC(=O)[C@@H](N)Cc1ccccc1. The van der Waals surface area contributed by atoms with Crippen LogP contribution in [0.15, 0.2) is 91.0 Å². The fraction of sp³-hybridized carbons (Fsp3) is 0.310. The average molecular weight is 489 g/mol. The van der Waals surface area contributed by atoms with Gasteiger partial charge in [-0.25, -0.2) is 0 Å². The maximum atomic E-state index is 13.5. The van der Waals surface area contributed by atoms with E-state index in [0.717, 1.165) is 16.7 Å². The highest BCUT2D eigenvalue weighted by Gasteiger charge is 2.46. The Labute approximate surface area is 209 Å². The second-order valence-electron chi connectivity index (χ2n) is 9.97. The van der Waals surface area contributed by atoms with E-state index in [1.54, 1.807) is 0 Å². The van der Waals surface area contributed by atoms with E-state index < -0.39 is 26.4 Å². The molecule has 35 heavy (non-hydrogen) atoms. The first-order valence-electron chi connectivity index (χ1n) is 12.0. The Bertz CT molecular complexity index is 1100. The largest absolute Gasteiger partial charge is 0.517 e. The van der Waals surface area contributed by atoms with Gasteiger partial charge in [-0.05, 0) is 36.2 Å². The zero-order valence-corrected chi connectivity index (χ0v) is 22.0. The van der Waals surface area contributed by atoms with Crippen molar-refractivity contribution in [1.29, 1.82) is 0 Å². The molecule has 3 rings (SSSR count). The summed E-state index contributed by atoms with van der Waals surface area (Å²) in [5.41, 5.74) is 9.24. The summed E-state index contributed by atoms with van der Waals surface area (Å²) in [4.78, 5) is 26.5. The van der Waals surface area contributed by atoms with Gasteiger partial charge in [0.2, 0.25) is 5.91 Å². The third kappa shape index (κ3) is 6.90. The van der Waals surface area contributed by atoms with Crippen LogP contribution >= 0.6 is 0 Å². The number of hydrogen-bond acceptors (Lipinski definition) is 4. The molecule has 0 aromatic heterocycles. The van der Waals surface area contributed by atoms with E-state index in [9.17, 15) is 9.59 Å². The fourth-order valence-electron chi connectivity index (χ4n) is 3.94. The molecule has 3 aromatic rings. The number of benzene rings is 3. The van der Waals surface area contributed by atoms with E-state index >= 15 is 0 Å². The Morgan fingerprint density at radius 1 is 0.829 bits per heavy atom. The summed E-state index contributed by atoms with van der Waals surface area (Å²) < 4.78 is 6.23. The average Bonchev–Trinajstić information content (AvgIpc) is 2.85. The lowest BCUT2D eigenvalue weighted by Gasteiger charge is -2.40. The summed E-state index contributed by atoms with van der Waals surface area (Å²) in [5, 5.41) is 2.56. The maximum Gasteiger partial charge on any atom is 0.315 e. The lowest BCUT2D eigenvalue weighted by Crippen LogP contribution is -2.56. The minimum Gasteiger partial charge on any atom is -0.517 e. The zero-order chi connectivity index (χ0) is 25.5. The van der Waals surface area contributed by atoms with E-state index in [1.165, 1.54) is 0 Å². The molecular formula is C29H36N2O3Si. The van der Waals surface area contributed by atoms with Crippen molar-refractivity contribution in [3.8, 4) is 0 Å². The van der Waals surface area contributed by atoms with Gasteiger partial charge in [0.05, 0.1) is 6.04 Å². The summed E-state index contributed by atoms with van der Waals surface area (Å²) in [6.45, 7) is 8.31. The van der Waals surface area contributed by atoms with Crippen LogP contribution in [0.4, 0.5) is 0 Å². The highest BCUT2D eigenvalue weighted by Crippen LogP contribution is 2.34. The van der Waals surface area contributed by atoms with Crippen LogP contribution in [0.2, 0.25) is 13.1 Å². The first kappa shape index (κ1) is 26.4. The van der Waals surface area contributed by atoms with Gasteiger partial charge >= 0.3 is 5.97 Å². The fourth-order valence-corrected chi connectivity index (χ4v) is 5.70. The third-order valence-electron chi connectivity index (χ3n) is 6.88. The summed E-state index contributed by atoms with van der Waals surface area (Å²) in [5.74, 6) is -0.789. The molecule has 2 atom stereocenters. The van der Waals surface area contributed by atoms with E-state index in [0.29, 0.717) is 12.8 Å². The van der Waals surface area contributed by atoms with Crippen LogP contribution in [0.1, 0.15) is 30.5 Å². The van der Waals surface area contributed by atoms with Gasteiger partial charge in [0.25, 0.3) is 8.32 Å². The molecule has 0 bridgehead atoms. The van der Waals surface area contributed by atoms with Gasteiger partial charge in [-0.3, -0.25) is 9.59 Å². The van der Waals surface area contributed by atoms with Crippen LogP contribution in [-0.2, 0) is 31.9 Å². The Balaban J connectivity index is 1.77. The van der Waals surface area contributed by atoms with Crippen molar-refractivity contribution >= 4 is 20.2 Å². The zero-order valence-electron chi connectivity index (χ0n) is 21.0. The lowest BCUT2D eigenvalue weighted by molar-refractivity contribution is -0.140. The van der Waals surface area contributed by atoms with Crippen LogP contribution in [0.5, 0.6) is 0 Å². The molecule has 0 aliphatic carbocycles. The lowest BCUT2D eigenvalue weighted by atomic mass is 10.0. The predicted molar refractivity (Wildman–Crippen MR) is 143 cm³/mol. The molecule has 0 spiro atoms. The Kier molecular flexibility index (Phi) is 8.65. The summed E-state index contributed by atoms with van der Waals surface area (Å²) in [6.07, 6.45) is 0.723. The van der Waals surface area contributed by atoms with Crippen LogP contribution in [0.3, 0.4) is 0 Å². The second kappa shape index (κ2) is 11.5. The standard InChI is InChI=1S/C29H36N2O3Si/c1-29(2,24-18-12-7-13-19-24)35(3,4)34-28(33)26(21-23-16-10-6-11-17-23)31-27(32)25(30)20-22-14-8-5-9-15-22/h5-19,25-26H,20-21,30H2,1-4H3,(H,31,32)/t25-,26-/m0/s1. The molecular weight excluding hydrogens is 452 g/mol. The highest BCUT2D eigenvalue weighted by atomic mass is 28.4. The van der Waals surface area contributed by atoms with Crippen molar-refractivity contribution in [2.75, 3.05) is 0 Å². The monoisotopic (exact) mass is 488 g/mol. The van der Waals surface area contributed by atoms with Crippen molar-refractivity contribution < 1.29 is 14.0 Å². The normalized spacial score (nSPS) is 13.5. The van der Waals surface area contributed by atoms with E-state index in [1.807, 2.05) is 92.0 Å². The van der Waals surface area contributed by atoms with Crippen molar-refractivity contribution in [1.82, 2.24) is 5.32 Å². The van der Waals surface area contributed by atoms with Crippen molar-refractivity contribution in [2.24, 2.45) is 5.73 Å². The number of nitrogens with one attached hydrogen (secondary N) is 1. The Morgan fingerprint density at radius 2 is 1.29 bits per heavy atom. The maximum absolute atomic E-state index is 13.5. The molecule has 0 aliphatic heterocycles. The van der Waals surface area contributed by atoms with Gasteiger partial charge in [-0.15, -0.1) is 0 Å².